The maximum absolute atomic E-state index is 13.0. The van der Waals surface area contributed by atoms with Crippen LogP contribution in [0.1, 0.15) is 42.9 Å². The molecule has 310 valence electrons. The first-order chi connectivity index (χ1) is 27.5. The van der Waals surface area contributed by atoms with Crippen LogP contribution in [-0.2, 0) is 55.9 Å². The molecule has 56 heavy (non-hydrogen) atoms. The molecule has 14 nitrogen and oxygen atoms in total. The first-order valence-electron chi connectivity index (χ1n) is 20.1. The lowest BCUT2D eigenvalue weighted by atomic mass is 9.95. The van der Waals surface area contributed by atoms with Gasteiger partial charge in [-0.05, 0) is 59.6 Å². The van der Waals surface area contributed by atoms with E-state index in [0.29, 0.717) is 118 Å². The van der Waals surface area contributed by atoms with Crippen LogP contribution in [0.5, 0.6) is 0 Å². The van der Waals surface area contributed by atoms with E-state index in [1.807, 2.05) is 28.0 Å². The van der Waals surface area contributed by atoms with Crippen LogP contribution in [0.25, 0.3) is 5.57 Å². The van der Waals surface area contributed by atoms with Gasteiger partial charge >= 0.3 is 0 Å². The van der Waals surface area contributed by atoms with Gasteiger partial charge in [-0.3, -0.25) is 9.59 Å². The first-order valence-corrected chi connectivity index (χ1v) is 20.1. The minimum Gasteiger partial charge on any atom is -0.392 e. The highest BCUT2D eigenvalue weighted by molar-refractivity contribution is 5.98. The van der Waals surface area contributed by atoms with Crippen molar-refractivity contribution in [3.8, 4) is 0 Å². The standard InChI is InChI=1S/C42H62N4O10/c1-33(48)46-39-9-8-36(28-40(39)45(30-41(46)35-6-7-35)29-37-4-2-3-5-38(37)31-47)34-10-13-44(14-11-34)42(49)32-56-27-26-55-25-24-54-23-22-53-21-20-52-19-18-51-17-16-50-15-12-43/h2-5,8-10,28,35,41,47H,6-7,11-27,29-32,43H2,1H3/t41-/m1/s1. The quantitative estimate of drug-likeness (QED) is 0.128. The van der Waals surface area contributed by atoms with Crippen molar-refractivity contribution in [2.75, 3.05) is 128 Å². The second-order valence-electron chi connectivity index (χ2n) is 14.1. The molecule has 2 aromatic carbocycles. The van der Waals surface area contributed by atoms with Crippen molar-refractivity contribution < 1.29 is 47.9 Å². The van der Waals surface area contributed by atoms with Crippen LogP contribution in [0, 0.1) is 5.92 Å². The summed E-state index contributed by atoms with van der Waals surface area (Å²) in [6.45, 7) is 10.8. The Morgan fingerprint density at radius 3 is 1.84 bits per heavy atom. The van der Waals surface area contributed by atoms with Crippen LogP contribution in [0.2, 0.25) is 0 Å². The summed E-state index contributed by atoms with van der Waals surface area (Å²) in [5.41, 5.74) is 11.6. The number of hydrogen-bond acceptors (Lipinski definition) is 12. The molecule has 1 atom stereocenters. The molecule has 0 aromatic heterocycles. The molecule has 1 fully saturated rings. The molecule has 2 heterocycles. The van der Waals surface area contributed by atoms with E-state index in [0.717, 1.165) is 53.9 Å². The normalized spacial score (nSPS) is 16.9. The van der Waals surface area contributed by atoms with Gasteiger partial charge in [0, 0.05) is 39.6 Å². The predicted molar refractivity (Wildman–Crippen MR) is 213 cm³/mol. The van der Waals surface area contributed by atoms with E-state index in [1.54, 1.807) is 6.92 Å². The van der Waals surface area contributed by atoms with Crippen molar-refractivity contribution >= 4 is 28.8 Å². The summed E-state index contributed by atoms with van der Waals surface area (Å²) >= 11 is 0. The van der Waals surface area contributed by atoms with Gasteiger partial charge < -0.3 is 58.7 Å². The number of ether oxygens (including phenoxy) is 7. The number of nitrogens with zero attached hydrogens (tertiary/aromatic N) is 3. The fourth-order valence-corrected chi connectivity index (χ4v) is 7.04. The molecule has 3 aliphatic rings. The van der Waals surface area contributed by atoms with E-state index in [1.165, 1.54) is 5.57 Å². The fraction of sp³-hybridized carbons (Fsp3) is 0.619. The van der Waals surface area contributed by atoms with Gasteiger partial charge in [-0.25, -0.2) is 0 Å². The average Bonchev–Trinajstić information content (AvgIpc) is 4.07. The molecule has 3 N–H and O–H groups in total. The molecule has 14 heteroatoms. The summed E-state index contributed by atoms with van der Waals surface area (Å²) in [7, 11) is 0. The van der Waals surface area contributed by atoms with Crippen LogP contribution in [-0.4, -0.2) is 147 Å². The summed E-state index contributed by atoms with van der Waals surface area (Å²) in [6.07, 6.45) is 5.13. The Kier molecular flexibility index (Phi) is 19.0. The minimum atomic E-state index is -0.0473. The molecular weight excluding hydrogens is 720 g/mol. The molecule has 2 aromatic rings. The van der Waals surface area contributed by atoms with Gasteiger partial charge in [-0.1, -0.05) is 36.4 Å². The molecule has 0 unspecified atom stereocenters. The topological polar surface area (TPSA) is 155 Å². The van der Waals surface area contributed by atoms with E-state index in [9.17, 15) is 14.7 Å². The SMILES string of the molecule is CC(=O)N1c2ccc(C3=CCN(C(=O)COCCOCCOCCOCCOCCOCCOCCN)CC3)cc2N(Cc2ccccc2CO)C[C@@H]1C1CC1. The average molecular weight is 783 g/mol. The van der Waals surface area contributed by atoms with Gasteiger partial charge in [-0.2, -0.15) is 0 Å². The van der Waals surface area contributed by atoms with Crippen LogP contribution >= 0.6 is 0 Å². The summed E-state index contributed by atoms with van der Waals surface area (Å²) < 4.78 is 38.3. The van der Waals surface area contributed by atoms with E-state index in [2.05, 4.69) is 35.2 Å². The van der Waals surface area contributed by atoms with E-state index >= 15 is 0 Å². The number of amides is 2. The van der Waals surface area contributed by atoms with Crippen molar-refractivity contribution in [1.29, 1.82) is 0 Å². The second-order valence-corrected chi connectivity index (χ2v) is 14.1. The molecule has 1 aliphatic carbocycles. The summed E-state index contributed by atoms with van der Waals surface area (Å²) in [5, 5.41) is 10.0. The summed E-state index contributed by atoms with van der Waals surface area (Å²) in [6, 6.07) is 14.5. The highest BCUT2D eigenvalue weighted by atomic mass is 16.6. The maximum Gasteiger partial charge on any atom is 0.248 e. The van der Waals surface area contributed by atoms with E-state index < -0.39 is 0 Å². The monoisotopic (exact) mass is 782 g/mol. The highest BCUT2D eigenvalue weighted by Crippen LogP contribution is 2.45. The van der Waals surface area contributed by atoms with Crippen molar-refractivity contribution in [2.45, 2.75) is 45.4 Å². The largest absolute Gasteiger partial charge is 0.392 e. The van der Waals surface area contributed by atoms with Gasteiger partial charge in [0.15, 0.2) is 0 Å². The molecule has 0 spiro atoms. The van der Waals surface area contributed by atoms with Crippen LogP contribution in [0.15, 0.2) is 48.5 Å². The van der Waals surface area contributed by atoms with Gasteiger partial charge in [0.25, 0.3) is 0 Å². The Morgan fingerprint density at radius 2 is 1.32 bits per heavy atom. The molecule has 0 bridgehead atoms. The first kappa shape index (κ1) is 43.7. The third kappa shape index (κ3) is 13.9. The van der Waals surface area contributed by atoms with Crippen molar-refractivity contribution in [2.24, 2.45) is 11.7 Å². The van der Waals surface area contributed by atoms with E-state index in [-0.39, 0.29) is 31.1 Å². The van der Waals surface area contributed by atoms with Gasteiger partial charge in [0.05, 0.1) is 110 Å². The molecule has 0 radical (unpaired) electrons. The number of hydrogen-bond donors (Lipinski definition) is 2. The Bertz CT molecular complexity index is 1520. The third-order valence-electron chi connectivity index (χ3n) is 10.1. The number of carbonyl (C=O) groups is 2. The molecule has 2 aliphatic heterocycles. The number of nitrogens with two attached hydrogens (primary N) is 1. The second kappa shape index (κ2) is 24.4. The number of rotatable bonds is 27. The van der Waals surface area contributed by atoms with Crippen molar-refractivity contribution in [3.63, 3.8) is 0 Å². The number of anilines is 2. The Balaban J connectivity index is 0.960. The smallest absolute Gasteiger partial charge is 0.248 e. The van der Waals surface area contributed by atoms with E-state index in [4.69, 9.17) is 38.9 Å². The molecule has 0 saturated heterocycles. The van der Waals surface area contributed by atoms with Crippen LogP contribution in [0.4, 0.5) is 11.4 Å². The molecule has 5 rings (SSSR count). The number of fused-ring (bicyclic) bond motifs is 1. The lowest BCUT2D eigenvalue weighted by Gasteiger charge is -2.44. The van der Waals surface area contributed by atoms with Crippen molar-refractivity contribution in [3.05, 3.63) is 65.2 Å². The number of carbonyl (C=O) groups excluding carboxylic acids is 2. The Morgan fingerprint density at radius 1 is 0.750 bits per heavy atom. The summed E-state index contributed by atoms with van der Waals surface area (Å²) in [5.74, 6) is 0.525. The molecule has 2 amide bonds. The predicted octanol–water partition coefficient (Wildman–Crippen LogP) is 3.02. The zero-order valence-corrected chi connectivity index (χ0v) is 33.1. The fourth-order valence-electron chi connectivity index (χ4n) is 7.04. The number of aliphatic hydroxyl groups excluding tert-OH is 1. The molecular formula is C42H62N4O10. The van der Waals surface area contributed by atoms with Gasteiger partial charge in [0.1, 0.15) is 6.61 Å². The van der Waals surface area contributed by atoms with Gasteiger partial charge in [0.2, 0.25) is 11.8 Å². The third-order valence-corrected chi connectivity index (χ3v) is 10.1. The maximum atomic E-state index is 13.0. The Labute approximate surface area is 331 Å². The van der Waals surface area contributed by atoms with Crippen LogP contribution in [0.3, 0.4) is 0 Å². The minimum absolute atomic E-state index is 0.00741. The molecule has 1 saturated carbocycles. The summed E-state index contributed by atoms with van der Waals surface area (Å²) in [4.78, 5) is 32.1. The van der Waals surface area contributed by atoms with Crippen LogP contribution < -0.4 is 15.5 Å². The lowest BCUT2D eigenvalue weighted by molar-refractivity contribution is -0.136. The van der Waals surface area contributed by atoms with Gasteiger partial charge in [-0.15, -0.1) is 0 Å². The zero-order chi connectivity index (χ0) is 39.4. The Hall–Kier alpha value is -3.44. The highest BCUT2D eigenvalue weighted by Gasteiger charge is 2.42. The van der Waals surface area contributed by atoms with Crippen molar-refractivity contribution in [1.82, 2.24) is 4.90 Å². The lowest BCUT2D eigenvalue weighted by Crippen LogP contribution is -2.52. The number of aliphatic hydroxyl groups is 1. The number of benzene rings is 2. The zero-order valence-electron chi connectivity index (χ0n) is 33.1.